The van der Waals surface area contributed by atoms with Crippen LogP contribution in [0.2, 0.25) is 37.8 Å². The van der Waals surface area contributed by atoms with Gasteiger partial charge in [-0.15, -0.1) is 0 Å². The highest BCUT2D eigenvalue weighted by atomic mass is 28.4. The Morgan fingerprint density at radius 3 is 2.00 bits per heavy atom. The Hall–Kier alpha value is 0.354. The minimum atomic E-state index is -1.54. The van der Waals surface area contributed by atoms with Gasteiger partial charge >= 0.3 is 0 Å². The molecule has 0 aromatic carbocycles. The van der Waals surface area contributed by atoms with Gasteiger partial charge in [0.1, 0.15) is 0 Å². The molecule has 0 N–H and O–H groups in total. The first-order valence-electron chi connectivity index (χ1n) is 7.24. The van der Waals surface area contributed by atoms with E-state index in [1.54, 1.807) is 0 Å². The smallest absolute Gasteiger partial charge is 0.191 e. The zero-order valence-electron chi connectivity index (χ0n) is 13.6. The molecule has 4 heteroatoms. The Labute approximate surface area is 116 Å². The third kappa shape index (κ3) is 4.47. The fraction of sp³-hybridized carbons (Fsp3) is 1.00. The molecule has 1 fully saturated rings. The lowest BCUT2D eigenvalue weighted by atomic mass is 10.2. The maximum Gasteiger partial charge on any atom is 0.191 e. The Morgan fingerprint density at radius 1 is 1.06 bits per heavy atom. The van der Waals surface area contributed by atoms with Crippen molar-refractivity contribution < 1.29 is 9.16 Å². The monoisotopic (exact) mass is 288 g/mol. The summed E-state index contributed by atoms with van der Waals surface area (Å²) in [5, 5.41) is 0.323. The molecule has 0 bridgehead atoms. The van der Waals surface area contributed by atoms with Crippen LogP contribution in [0.25, 0.3) is 0 Å². The first-order valence-corrected chi connectivity index (χ1v) is 13.7. The molecule has 2 nitrogen and oxygen atoms in total. The summed E-state index contributed by atoms with van der Waals surface area (Å²) in [6.07, 6.45) is 2.88. The summed E-state index contributed by atoms with van der Waals surface area (Å²) in [5.41, 5.74) is 0.602. The SMILES string of the molecule is CC(C)(C)[Si](C)(C)OCCCC1OC1[Si](C)(C)C. The number of ether oxygens (including phenoxy) is 1. The molecule has 1 heterocycles. The van der Waals surface area contributed by atoms with Gasteiger partial charge in [-0.1, -0.05) is 40.4 Å². The van der Waals surface area contributed by atoms with Crippen molar-refractivity contribution in [3.63, 3.8) is 0 Å². The van der Waals surface area contributed by atoms with E-state index >= 15 is 0 Å². The number of hydrogen-bond acceptors (Lipinski definition) is 2. The highest BCUT2D eigenvalue weighted by Crippen LogP contribution is 2.37. The molecule has 0 amide bonds. The number of epoxide rings is 1. The van der Waals surface area contributed by atoms with E-state index in [0.717, 1.165) is 13.0 Å². The maximum atomic E-state index is 6.19. The third-order valence-electron chi connectivity index (χ3n) is 4.34. The van der Waals surface area contributed by atoms with Gasteiger partial charge in [0.2, 0.25) is 0 Å². The van der Waals surface area contributed by atoms with Gasteiger partial charge in [-0.2, -0.15) is 0 Å². The fourth-order valence-electron chi connectivity index (χ4n) is 1.95. The lowest BCUT2D eigenvalue weighted by Crippen LogP contribution is -2.41. The molecule has 108 valence electrons. The zero-order chi connectivity index (χ0) is 14.2. The van der Waals surface area contributed by atoms with Crippen LogP contribution in [0.5, 0.6) is 0 Å². The molecule has 0 spiro atoms. The summed E-state index contributed by atoms with van der Waals surface area (Å²) < 4.78 is 12.0. The first kappa shape index (κ1) is 16.4. The summed E-state index contributed by atoms with van der Waals surface area (Å²) in [4.78, 5) is 0. The highest BCUT2D eigenvalue weighted by Gasteiger charge is 2.47. The molecule has 0 aromatic heterocycles. The van der Waals surface area contributed by atoms with E-state index in [2.05, 4.69) is 53.5 Å². The van der Waals surface area contributed by atoms with Gasteiger partial charge in [-0.05, 0) is 31.0 Å². The van der Waals surface area contributed by atoms with E-state index in [-0.39, 0.29) is 0 Å². The lowest BCUT2D eigenvalue weighted by Gasteiger charge is -2.36. The van der Waals surface area contributed by atoms with Crippen LogP contribution in [0.4, 0.5) is 0 Å². The summed E-state index contributed by atoms with van der Waals surface area (Å²) in [7, 11) is -2.61. The molecule has 1 aliphatic rings. The summed E-state index contributed by atoms with van der Waals surface area (Å²) >= 11 is 0. The van der Waals surface area contributed by atoms with Gasteiger partial charge in [0.15, 0.2) is 8.32 Å². The Balaban J connectivity index is 2.18. The Kier molecular flexibility index (Phi) is 4.91. The Morgan fingerprint density at radius 2 is 1.61 bits per heavy atom. The van der Waals surface area contributed by atoms with E-state index in [4.69, 9.17) is 9.16 Å². The second-order valence-electron chi connectivity index (χ2n) is 8.21. The number of hydrogen-bond donors (Lipinski definition) is 0. The van der Waals surface area contributed by atoms with Crippen molar-refractivity contribution in [1.82, 2.24) is 0 Å². The molecule has 18 heavy (non-hydrogen) atoms. The van der Waals surface area contributed by atoms with Crippen LogP contribution >= 0.6 is 0 Å². The van der Waals surface area contributed by atoms with Crippen LogP contribution in [0.1, 0.15) is 33.6 Å². The topological polar surface area (TPSA) is 21.8 Å². The predicted molar refractivity (Wildman–Crippen MR) is 84.4 cm³/mol. The molecule has 0 aromatic rings. The average molecular weight is 289 g/mol. The lowest BCUT2D eigenvalue weighted by molar-refractivity contribution is 0.270. The van der Waals surface area contributed by atoms with Crippen LogP contribution in [0.3, 0.4) is 0 Å². The van der Waals surface area contributed by atoms with Crippen molar-refractivity contribution in [3.8, 4) is 0 Å². The van der Waals surface area contributed by atoms with E-state index < -0.39 is 16.4 Å². The molecule has 0 aliphatic carbocycles. The predicted octanol–water partition coefficient (Wildman–Crippen LogP) is 4.43. The zero-order valence-corrected chi connectivity index (χ0v) is 15.6. The molecule has 2 unspecified atom stereocenters. The minimum absolute atomic E-state index is 0.323. The largest absolute Gasteiger partial charge is 0.417 e. The summed E-state index contributed by atoms with van der Waals surface area (Å²) in [6, 6.07) is 0. The van der Waals surface area contributed by atoms with Gasteiger partial charge in [0.05, 0.1) is 19.9 Å². The summed E-state index contributed by atoms with van der Waals surface area (Å²) in [6.45, 7) is 19.6. The second kappa shape index (κ2) is 5.39. The molecule has 1 saturated heterocycles. The second-order valence-corrected chi connectivity index (χ2v) is 18.3. The number of rotatable bonds is 6. The van der Waals surface area contributed by atoms with Crippen molar-refractivity contribution in [2.75, 3.05) is 6.61 Å². The molecule has 0 saturated carbocycles. The standard InChI is InChI=1S/C14H32O2Si2/c1-14(2,3)18(7,8)15-11-9-10-12-13(16-12)17(4,5)6/h12-13H,9-11H2,1-8H3. The van der Waals surface area contributed by atoms with Crippen LogP contribution in [0, 0.1) is 0 Å². The maximum absolute atomic E-state index is 6.19. The fourth-order valence-corrected chi connectivity index (χ4v) is 4.91. The van der Waals surface area contributed by atoms with Crippen LogP contribution in [-0.2, 0) is 9.16 Å². The first-order chi connectivity index (χ1) is 7.95. The highest BCUT2D eigenvalue weighted by molar-refractivity contribution is 6.78. The average Bonchev–Trinajstić information content (AvgIpc) is 2.89. The van der Waals surface area contributed by atoms with E-state index in [0.29, 0.717) is 16.9 Å². The van der Waals surface area contributed by atoms with Crippen molar-refractivity contribution >= 4 is 16.4 Å². The minimum Gasteiger partial charge on any atom is -0.417 e. The third-order valence-corrected chi connectivity index (χ3v) is 11.1. The van der Waals surface area contributed by atoms with Gasteiger partial charge in [0, 0.05) is 6.61 Å². The van der Waals surface area contributed by atoms with Gasteiger partial charge in [0.25, 0.3) is 0 Å². The van der Waals surface area contributed by atoms with Crippen molar-refractivity contribution in [3.05, 3.63) is 0 Å². The van der Waals surface area contributed by atoms with Gasteiger partial charge < -0.3 is 9.16 Å². The molecule has 0 radical (unpaired) electrons. The van der Waals surface area contributed by atoms with E-state index in [9.17, 15) is 0 Å². The normalized spacial score (nSPS) is 25.3. The molecule has 2 atom stereocenters. The van der Waals surface area contributed by atoms with Crippen LogP contribution in [0.15, 0.2) is 0 Å². The summed E-state index contributed by atoms with van der Waals surface area (Å²) in [5.74, 6) is 0. The van der Waals surface area contributed by atoms with Crippen molar-refractivity contribution in [2.24, 2.45) is 0 Å². The molecule has 1 rings (SSSR count). The van der Waals surface area contributed by atoms with Gasteiger partial charge in [-0.25, -0.2) is 0 Å². The van der Waals surface area contributed by atoms with Gasteiger partial charge in [-0.3, -0.25) is 0 Å². The molecule has 1 aliphatic heterocycles. The van der Waals surface area contributed by atoms with Crippen molar-refractivity contribution in [1.29, 1.82) is 0 Å². The van der Waals surface area contributed by atoms with Crippen molar-refractivity contribution in [2.45, 2.75) is 83.2 Å². The quantitative estimate of drug-likeness (QED) is 0.409. The Bertz CT molecular complexity index is 276. The molecular formula is C14H32O2Si2. The van der Waals surface area contributed by atoms with Crippen LogP contribution < -0.4 is 0 Å². The van der Waals surface area contributed by atoms with Crippen LogP contribution in [-0.4, -0.2) is 34.8 Å². The van der Waals surface area contributed by atoms with E-state index in [1.165, 1.54) is 6.42 Å². The van der Waals surface area contributed by atoms with E-state index in [1.807, 2.05) is 0 Å². The molecular weight excluding hydrogens is 256 g/mol.